The van der Waals surface area contributed by atoms with Crippen LogP contribution in [-0.4, -0.2) is 44.7 Å². The predicted molar refractivity (Wildman–Crippen MR) is 141 cm³/mol. The van der Waals surface area contributed by atoms with Crippen molar-refractivity contribution in [1.29, 1.82) is 5.26 Å². The first-order valence-electron chi connectivity index (χ1n) is 13.0. The van der Waals surface area contributed by atoms with E-state index in [1.54, 1.807) is 0 Å². The second kappa shape index (κ2) is 8.37. The van der Waals surface area contributed by atoms with E-state index in [9.17, 15) is 5.26 Å². The Balaban J connectivity index is 1.28. The van der Waals surface area contributed by atoms with Crippen LogP contribution in [0.2, 0.25) is 0 Å². The maximum absolute atomic E-state index is 10.1. The van der Waals surface area contributed by atoms with E-state index in [2.05, 4.69) is 52.6 Å². The number of hydrogen-bond donors (Lipinski definition) is 1. The van der Waals surface area contributed by atoms with Gasteiger partial charge < -0.3 is 14.6 Å². The van der Waals surface area contributed by atoms with Gasteiger partial charge in [-0.2, -0.15) is 5.26 Å². The van der Waals surface area contributed by atoms with Gasteiger partial charge in [0, 0.05) is 32.4 Å². The monoisotopic (exact) mass is 491 g/mol. The third kappa shape index (κ3) is 3.53. The lowest BCUT2D eigenvalue weighted by Gasteiger charge is -2.40. The van der Waals surface area contributed by atoms with Crippen LogP contribution in [0.15, 0.2) is 42.7 Å². The summed E-state index contributed by atoms with van der Waals surface area (Å²) >= 11 is 0. The molecule has 1 aromatic carbocycles. The molecule has 37 heavy (non-hydrogen) atoms. The van der Waals surface area contributed by atoms with Gasteiger partial charge in [0.15, 0.2) is 5.69 Å². The number of rotatable bonds is 4. The van der Waals surface area contributed by atoms with Crippen molar-refractivity contribution in [3.63, 3.8) is 0 Å². The molecule has 3 aromatic heterocycles. The standard InChI is InChI=1S/C29H29N7O/c1-35-17-31-28-19(4-3-5-25(28)35)27-20(18-6-7-18)14-22(23(15-30)34-27)32-26-9-8-21-24(33-26)16-36(2)29(21)10-12-37-13-11-29/h3-5,8-9,14,17-18H,6-7,10-13,16H2,1-2H3,(H,32,33). The van der Waals surface area contributed by atoms with Crippen LogP contribution in [0.25, 0.3) is 22.3 Å². The van der Waals surface area contributed by atoms with Crippen LogP contribution in [0, 0.1) is 11.3 Å². The zero-order valence-corrected chi connectivity index (χ0v) is 21.2. The zero-order valence-electron chi connectivity index (χ0n) is 21.2. The molecule has 2 fully saturated rings. The first kappa shape index (κ1) is 22.4. The number of hydrogen-bond acceptors (Lipinski definition) is 7. The maximum atomic E-state index is 10.1. The number of aromatic nitrogens is 4. The molecule has 0 bridgehead atoms. The Morgan fingerprint density at radius 3 is 2.73 bits per heavy atom. The first-order chi connectivity index (χ1) is 18.1. The van der Waals surface area contributed by atoms with Crippen molar-refractivity contribution in [3.05, 3.63) is 65.2 Å². The molecule has 0 radical (unpaired) electrons. The molecule has 3 aliphatic rings. The highest BCUT2D eigenvalue weighted by Crippen LogP contribution is 2.47. The Labute approximate surface area is 215 Å². The molecule has 186 valence electrons. The fraction of sp³-hybridized carbons (Fsp3) is 0.379. The Morgan fingerprint density at radius 2 is 1.95 bits per heavy atom. The van der Waals surface area contributed by atoms with Crippen LogP contribution in [0.1, 0.15) is 54.1 Å². The summed E-state index contributed by atoms with van der Waals surface area (Å²) in [6.07, 6.45) is 6.07. The number of nitriles is 1. The van der Waals surface area contributed by atoms with Gasteiger partial charge in [-0.1, -0.05) is 18.2 Å². The fourth-order valence-corrected chi connectivity index (χ4v) is 6.17. The minimum Gasteiger partial charge on any atom is -0.381 e. The lowest BCUT2D eigenvalue weighted by atomic mass is 9.84. The number of pyridine rings is 2. The summed E-state index contributed by atoms with van der Waals surface area (Å²) in [6.45, 7) is 2.38. The van der Waals surface area contributed by atoms with Crippen molar-refractivity contribution >= 4 is 22.5 Å². The van der Waals surface area contributed by atoms with Crippen molar-refractivity contribution in [1.82, 2.24) is 24.4 Å². The predicted octanol–water partition coefficient (Wildman–Crippen LogP) is 4.97. The summed E-state index contributed by atoms with van der Waals surface area (Å²) in [5, 5.41) is 13.5. The van der Waals surface area contributed by atoms with Crippen LogP contribution >= 0.6 is 0 Å². The summed E-state index contributed by atoms with van der Waals surface area (Å²) < 4.78 is 7.66. The van der Waals surface area contributed by atoms with Gasteiger partial charge in [-0.15, -0.1) is 0 Å². The third-order valence-corrected chi connectivity index (χ3v) is 8.36. The number of aryl methyl sites for hydroxylation is 1. The minimum atomic E-state index is 0.0196. The van der Waals surface area contributed by atoms with Gasteiger partial charge in [-0.05, 0) is 68.0 Å². The molecular weight excluding hydrogens is 462 g/mol. The molecule has 1 saturated carbocycles. The van der Waals surface area contributed by atoms with Crippen molar-refractivity contribution in [2.24, 2.45) is 7.05 Å². The highest BCUT2D eigenvalue weighted by atomic mass is 16.5. The molecule has 0 unspecified atom stereocenters. The number of fused-ring (bicyclic) bond motifs is 3. The number of para-hydroxylation sites is 1. The molecule has 8 heteroatoms. The van der Waals surface area contributed by atoms with E-state index in [0.29, 0.717) is 17.3 Å². The molecule has 0 atom stereocenters. The molecule has 7 rings (SSSR count). The first-order valence-corrected chi connectivity index (χ1v) is 13.0. The number of ether oxygens (including phenoxy) is 1. The molecule has 8 nitrogen and oxygen atoms in total. The Bertz CT molecular complexity index is 1570. The van der Waals surface area contributed by atoms with Crippen molar-refractivity contribution in [2.75, 3.05) is 25.6 Å². The molecule has 1 spiro atoms. The van der Waals surface area contributed by atoms with Crippen molar-refractivity contribution in [3.8, 4) is 17.3 Å². The van der Waals surface area contributed by atoms with Crippen LogP contribution in [0.3, 0.4) is 0 Å². The average Bonchev–Trinajstić information content (AvgIpc) is 3.66. The van der Waals surface area contributed by atoms with Crippen LogP contribution in [0.4, 0.5) is 11.5 Å². The van der Waals surface area contributed by atoms with Crippen LogP contribution in [0.5, 0.6) is 0 Å². The summed E-state index contributed by atoms with van der Waals surface area (Å²) in [7, 11) is 4.17. The molecule has 5 heterocycles. The minimum absolute atomic E-state index is 0.0196. The van der Waals surface area contributed by atoms with E-state index in [1.165, 1.54) is 11.1 Å². The van der Waals surface area contributed by atoms with Crippen LogP contribution < -0.4 is 5.32 Å². The fourth-order valence-electron chi connectivity index (χ4n) is 6.17. The lowest BCUT2D eigenvalue weighted by molar-refractivity contribution is -0.0132. The SMILES string of the molecule is CN1Cc2nc(Nc3cc(C4CC4)c(-c4cccc5c4ncn5C)nc3C#N)ccc2C12CCOCC2. The molecule has 1 saturated heterocycles. The van der Waals surface area contributed by atoms with E-state index >= 15 is 0 Å². The molecule has 2 aliphatic heterocycles. The van der Waals surface area contributed by atoms with E-state index in [-0.39, 0.29) is 5.54 Å². The Hall–Kier alpha value is -3.80. The van der Waals surface area contributed by atoms with Gasteiger partial charge in [-0.3, -0.25) is 4.90 Å². The second-order valence-electron chi connectivity index (χ2n) is 10.6. The highest BCUT2D eigenvalue weighted by Gasteiger charge is 2.45. The summed E-state index contributed by atoms with van der Waals surface area (Å²) in [5.41, 5.74) is 8.47. The van der Waals surface area contributed by atoms with Gasteiger partial charge in [-0.25, -0.2) is 15.0 Å². The number of nitrogens with zero attached hydrogens (tertiary/aromatic N) is 6. The smallest absolute Gasteiger partial charge is 0.164 e. The van der Waals surface area contributed by atoms with Gasteiger partial charge >= 0.3 is 0 Å². The van der Waals surface area contributed by atoms with Crippen LogP contribution in [-0.2, 0) is 23.9 Å². The van der Waals surface area contributed by atoms with E-state index in [0.717, 1.165) is 79.2 Å². The lowest BCUT2D eigenvalue weighted by Crippen LogP contribution is -2.43. The molecule has 4 aromatic rings. The van der Waals surface area contributed by atoms with Gasteiger partial charge in [0.25, 0.3) is 0 Å². The summed E-state index contributed by atoms with van der Waals surface area (Å²) in [5.74, 6) is 1.20. The third-order valence-electron chi connectivity index (χ3n) is 8.36. The highest BCUT2D eigenvalue weighted by molar-refractivity contribution is 5.92. The number of benzene rings is 1. The number of imidazole rings is 1. The topological polar surface area (TPSA) is 91.9 Å². The van der Waals surface area contributed by atoms with Gasteiger partial charge in [0.05, 0.1) is 40.0 Å². The summed E-state index contributed by atoms with van der Waals surface area (Å²) in [6, 6.07) is 14.8. The van der Waals surface area contributed by atoms with E-state index in [1.807, 2.05) is 30.1 Å². The quantitative estimate of drug-likeness (QED) is 0.431. The van der Waals surface area contributed by atoms with Crippen molar-refractivity contribution < 1.29 is 4.74 Å². The van der Waals surface area contributed by atoms with Crippen molar-refractivity contribution in [2.45, 2.75) is 43.7 Å². The normalized spacial score (nSPS) is 18.7. The molecule has 1 N–H and O–H groups in total. The Kier molecular flexibility index (Phi) is 5.07. The van der Waals surface area contributed by atoms with Gasteiger partial charge in [0.2, 0.25) is 0 Å². The largest absolute Gasteiger partial charge is 0.381 e. The average molecular weight is 492 g/mol. The Morgan fingerprint density at radius 1 is 1.11 bits per heavy atom. The van der Waals surface area contributed by atoms with E-state index < -0.39 is 0 Å². The molecular formula is C29H29N7O. The maximum Gasteiger partial charge on any atom is 0.164 e. The number of nitrogens with one attached hydrogen (secondary N) is 1. The second-order valence-corrected chi connectivity index (χ2v) is 10.6. The van der Waals surface area contributed by atoms with E-state index in [4.69, 9.17) is 14.7 Å². The molecule has 0 amide bonds. The zero-order chi connectivity index (χ0) is 25.1. The summed E-state index contributed by atoms with van der Waals surface area (Å²) in [4.78, 5) is 17.0. The van der Waals surface area contributed by atoms with Gasteiger partial charge in [0.1, 0.15) is 11.9 Å². The molecule has 1 aliphatic carbocycles. The number of anilines is 2.